The Morgan fingerprint density at radius 3 is 2.80 bits per heavy atom. The molecule has 2 rings (SSSR count). The zero-order valence-electron chi connectivity index (χ0n) is 9.58. The summed E-state index contributed by atoms with van der Waals surface area (Å²) in [5.74, 6) is 0.839. The lowest BCUT2D eigenvalue weighted by atomic mass is 9.83. The summed E-state index contributed by atoms with van der Waals surface area (Å²) < 4.78 is 0. The van der Waals surface area contributed by atoms with Gasteiger partial charge >= 0.3 is 0 Å². The van der Waals surface area contributed by atoms with Gasteiger partial charge in [0.25, 0.3) is 0 Å². The minimum atomic E-state index is 0.597. The van der Waals surface area contributed by atoms with Crippen LogP contribution in [0.1, 0.15) is 44.2 Å². The molecule has 0 spiro atoms. The number of benzene rings is 1. The molecule has 0 saturated carbocycles. The van der Waals surface area contributed by atoms with Gasteiger partial charge in [-0.05, 0) is 37.3 Å². The van der Waals surface area contributed by atoms with Crippen molar-refractivity contribution in [2.75, 3.05) is 6.54 Å². The smallest absolute Gasteiger partial charge is 0.0348 e. The number of hydrogen-bond donors (Lipinski definition) is 1. The van der Waals surface area contributed by atoms with E-state index in [1.165, 1.54) is 37.8 Å². The molecular formula is C14H21N. The zero-order chi connectivity index (χ0) is 10.5. The van der Waals surface area contributed by atoms with Crippen molar-refractivity contribution < 1.29 is 0 Å². The molecule has 1 aliphatic heterocycles. The maximum atomic E-state index is 3.67. The monoisotopic (exact) mass is 203 g/mol. The molecule has 0 bridgehead atoms. The van der Waals surface area contributed by atoms with Crippen LogP contribution in [0.15, 0.2) is 30.3 Å². The summed E-state index contributed by atoms with van der Waals surface area (Å²) in [6.07, 6.45) is 5.39. The van der Waals surface area contributed by atoms with Crippen LogP contribution in [0.2, 0.25) is 0 Å². The Balaban J connectivity index is 2.11. The fourth-order valence-corrected chi connectivity index (χ4v) is 2.69. The molecule has 1 aliphatic rings. The summed E-state index contributed by atoms with van der Waals surface area (Å²) in [6, 6.07) is 11.5. The summed E-state index contributed by atoms with van der Waals surface area (Å²) in [5, 5.41) is 3.67. The summed E-state index contributed by atoms with van der Waals surface area (Å²) in [5.41, 5.74) is 1.47. The van der Waals surface area contributed by atoms with Crippen LogP contribution in [0.25, 0.3) is 0 Å². The maximum absolute atomic E-state index is 3.67. The van der Waals surface area contributed by atoms with Gasteiger partial charge in [-0.25, -0.2) is 0 Å². The van der Waals surface area contributed by atoms with Gasteiger partial charge in [0.2, 0.25) is 0 Å². The second-order valence-corrected chi connectivity index (χ2v) is 4.53. The lowest BCUT2D eigenvalue weighted by molar-refractivity contribution is 0.267. The highest BCUT2D eigenvalue weighted by molar-refractivity contribution is 5.20. The third-order valence-electron chi connectivity index (χ3n) is 3.41. The Hall–Kier alpha value is -0.820. The van der Waals surface area contributed by atoms with Crippen LogP contribution in [-0.2, 0) is 0 Å². The first-order valence-corrected chi connectivity index (χ1v) is 6.20. The van der Waals surface area contributed by atoms with E-state index < -0.39 is 0 Å². The Kier molecular flexibility index (Phi) is 3.79. The molecule has 1 nitrogen and oxygen atoms in total. The molecule has 82 valence electrons. The summed E-state index contributed by atoms with van der Waals surface area (Å²) in [4.78, 5) is 0. The van der Waals surface area contributed by atoms with E-state index >= 15 is 0 Å². The van der Waals surface area contributed by atoms with E-state index in [9.17, 15) is 0 Å². The molecular weight excluding hydrogens is 182 g/mol. The predicted molar refractivity (Wildman–Crippen MR) is 64.8 cm³/mol. The summed E-state index contributed by atoms with van der Waals surface area (Å²) >= 11 is 0. The summed E-state index contributed by atoms with van der Waals surface area (Å²) in [6.45, 7) is 3.47. The second-order valence-electron chi connectivity index (χ2n) is 4.53. The predicted octanol–water partition coefficient (Wildman–Crippen LogP) is 3.53. The number of piperidine rings is 1. The first-order chi connectivity index (χ1) is 7.42. The molecule has 0 aromatic heterocycles. The van der Waals surface area contributed by atoms with Crippen LogP contribution in [0.4, 0.5) is 0 Å². The third kappa shape index (κ3) is 2.60. The van der Waals surface area contributed by atoms with Crippen LogP contribution >= 0.6 is 0 Å². The van der Waals surface area contributed by atoms with Crippen molar-refractivity contribution in [3.8, 4) is 0 Å². The SMILES string of the molecule is CCCC1CCCNC1c1ccccc1. The lowest BCUT2D eigenvalue weighted by Gasteiger charge is -2.33. The molecule has 0 amide bonds. The molecule has 1 saturated heterocycles. The molecule has 2 atom stereocenters. The Bertz CT molecular complexity index is 279. The van der Waals surface area contributed by atoms with Gasteiger partial charge in [-0.3, -0.25) is 0 Å². The van der Waals surface area contributed by atoms with E-state index in [4.69, 9.17) is 0 Å². The van der Waals surface area contributed by atoms with Gasteiger partial charge in [0.15, 0.2) is 0 Å². The van der Waals surface area contributed by atoms with Crippen molar-refractivity contribution in [2.45, 2.75) is 38.6 Å². The lowest BCUT2D eigenvalue weighted by Crippen LogP contribution is -2.34. The average molecular weight is 203 g/mol. The molecule has 1 N–H and O–H groups in total. The Morgan fingerprint density at radius 1 is 1.27 bits per heavy atom. The third-order valence-corrected chi connectivity index (χ3v) is 3.41. The van der Waals surface area contributed by atoms with E-state index in [1.54, 1.807) is 0 Å². The van der Waals surface area contributed by atoms with Crippen LogP contribution in [0.5, 0.6) is 0 Å². The van der Waals surface area contributed by atoms with Crippen molar-refractivity contribution in [3.63, 3.8) is 0 Å². The molecule has 1 fully saturated rings. The largest absolute Gasteiger partial charge is 0.310 e. The molecule has 1 aromatic carbocycles. The standard InChI is InChI=1S/C14H21N/c1-2-7-12-10-6-11-15-14(12)13-8-4-3-5-9-13/h3-5,8-9,12,14-15H,2,6-7,10-11H2,1H3. The van der Waals surface area contributed by atoms with E-state index in [1.807, 2.05) is 0 Å². The van der Waals surface area contributed by atoms with Gasteiger partial charge in [0.05, 0.1) is 0 Å². The van der Waals surface area contributed by atoms with Crippen molar-refractivity contribution in [1.29, 1.82) is 0 Å². The molecule has 0 radical (unpaired) electrons. The Labute approximate surface area is 92.9 Å². The molecule has 1 heteroatoms. The number of nitrogens with one attached hydrogen (secondary N) is 1. The molecule has 15 heavy (non-hydrogen) atoms. The zero-order valence-corrected chi connectivity index (χ0v) is 9.58. The molecule has 2 unspecified atom stereocenters. The van der Waals surface area contributed by atoms with Gasteiger partial charge in [0.1, 0.15) is 0 Å². The quantitative estimate of drug-likeness (QED) is 0.792. The van der Waals surface area contributed by atoms with Gasteiger partial charge in [-0.15, -0.1) is 0 Å². The van der Waals surface area contributed by atoms with Crippen LogP contribution in [0, 0.1) is 5.92 Å². The maximum Gasteiger partial charge on any atom is 0.0348 e. The first-order valence-electron chi connectivity index (χ1n) is 6.20. The fourth-order valence-electron chi connectivity index (χ4n) is 2.69. The van der Waals surface area contributed by atoms with Crippen LogP contribution in [-0.4, -0.2) is 6.54 Å². The minimum absolute atomic E-state index is 0.597. The van der Waals surface area contributed by atoms with Crippen LogP contribution in [0.3, 0.4) is 0 Å². The minimum Gasteiger partial charge on any atom is -0.310 e. The fraction of sp³-hybridized carbons (Fsp3) is 0.571. The van der Waals surface area contributed by atoms with E-state index in [0.717, 1.165) is 5.92 Å². The highest BCUT2D eigenvalue weighted by Crippen LogP contribution is 2.32. The highest BCUT2D eigenvalue weighted by Gasteiger charge is 2.24. The van der Waals surface area contributed by atoms with Crippen molar-refractivity contribution >= 4 is 0 Å². The topological polar surface area (TPSA) is 12.0 Å². The van der Waals surface area contributed by atoms with Gasteiger partial charge in [-0.2, -0.15) is 0 Å². The van der Waals surface area contributed by atoms with Gasteiger partial charge in [0, 0.05) is 6.04 Å². The second kappa shape index (κ2) is 5.32. The van der Waals surface area contributed by atoms with Crippen LogP contribution < -0.4 is 5.32 Å². The Morgan fingerprint density at radius 2 is 2.07 bits per heavy atom. The first kappa shape index (κ1) is 10.7. The van der Waals surface area contributed by atoms with E-state index in [2.05, 4.69) is 42.6 Å². The van der Waals surface area contributed by atoms with Crippen molar-refractivity contribution in [1.82, 2.24) is 5.32 Å². The average Bonchev–Trinajstić information content (AvgIpc) is 2.31. The van der Waals surface area contributed by atoms with Crippen molar-refractivity contribution in [2.24, 2.45) is 5.92 Å². The normalized spacial score (nSPS) is 26.5. The number of rotatable bonds is 3. The number of hydrogen-bond acceptors (Lipinski definition) is 1. The van der Waals surface area contributed by atoms with E-state index in [-0.39, 0.29) is 0 Å². The van der Waals surface area contributed by atoms with Crippen molar-refractivity contribution in [3.05, 3.63) is 35.9 Å². The highest BCUT2D eigenvalue weighted by atomic mass is 14.9. The van der Waals surface area contributed by atoms with Gasteiger partial charge in [-0.1, -0.05) is 43.7 Å². The molecule has 1 heterocycles. The van der Waals surface area contributed by atoms with E-state index in [0.29, 0.717) is 6.04 Å². The molecule has 0 aliphatic carbocycles. The molecule has 1 aromatic rings. The summed E-state index contributed by atoms with van der Waals surface area (Å²) in [7, 11) is 0. The van der Waals surface area contributed by atoms with Gasteiger partial charge < -0.3 is 5.32 Å².